The van der Waals surface area contributed by atoms with E-state index < -0.39 is 0 Å². The van der Waals surface area contributed by atoms with Crippen LogP contribution < -0.4 is 0 Å². The van der Waals surface area contributed by atoms with Crippen LogP contribution in [0.5, 0.6) is 0 Å². The van der Waals surface area contributed by atoms with Crippen LogP contribution >= 0.6 is 35.0 Å². The van der Waals surface area contributed by atoms with Crippen LogP contribution in [0, 0.1) is 6.92 Å². The molecule has 0 aliphatic rings. The number of aryl methyl sites for hydroxylation is 1. The zero-order valence-electron chi connectivity index (χ0n) is 17.4. The lowest BCUT2D eigenvalue weighted by atomic mass is 10.1. The highest BCUT2D eigenvalue weighted by Gasteiger charge is 2.20. The molecule has 0 saturated heterocycles. The van der Waals surface area contributed by atoms with Crippen LogP contribution in [0.2, 0.25) is 10.0 Å². The summed E-state index contributed by atoms with van der Waals surface area (Å²) in [4.78, 5) is 20.6. The summed E-state index contributed by atoms with van der Waals surface area (Å²) in [6.45, 7) is 1.91. The summed E-state index contributed by atoms with van der Waals surface area (Å²) in [5.41, 5.74) is 4.09. The van der Waals surface area contributed by atoms with Crippen LogP contribution in [0.3, 0.4) is 0 Å². The average molecular weight is 494 g/mol. The summed E-state index contributed by atoms with van der Waals surface area (Å²) in [6, 6.07) is 16.8. The molecule has 0 radical (unpaired) electrons. The van der Waals surface area contributed by atoms with Crippen molar-refractivity contribution in [1.29, 1.82) is 0 Å². The largest absolute Gasteiger partial charge is 0.358 e. The van der Waals surface area contributed by atoms with Gasteiger partial charge in [0.1, 0.15) is 0 Å². The fourth-order valence-electron chi connectivity index (χ4n) is 3.75. The number of carbonyl (C=O) groups excluding carboxylic acids is 1. The quantitative estimate of drug-likeness (QED) is 0.218. The Morgan fingerprint density at radius 2 is 1.82 bits per heavy atom. The zero-order chi connectivity index (χ0) is 22.9. The van der Waals surface area contributed by atoms with E-state index in [1.54, 1.807) is 24.5 Å². The number of carbonyl (C=O) groups is 1. The summed E-state index contributed by atoms with van der Waals surface area (Å²) in [5, 5.41) is 11.1. The molecule has 0 aliphatic carbocycles. The van der Waals surface area contributed by atoms with Gasteiger partial charge in [-0.3, -0.25) is 14.3 Å². The first-order valence-corrected chi connectivity index (χ1v) is 11.8. The van der Waals surface area contributed by atoms with Gasteiger partial charge < -0.3 is 4.98 Å². The Morgan fingerprint density at radius 1 is 1.03 bits per heavy atom. The van der Waals surface area contributed by atoms with Gasteiger partial charge in [-0.25, -0.2) is 0 Å². The Labute approximate surface area is 204 Å². The Hall–Kier alpha value is -3.13. The van der Waals surface area contributed by atoms with Crippen LogP contribution in [0.15, 0.2) is 72.1 Å². The molecule has 3 heterocycles. The zero-order valence-corrected chi connectivity index (χ0v) is 19.7. The number of pyridine rings is 1. The molecule has 0 saturated carbocycles. The highest BCUT2D eigenvalue weighted by molar-refractivity contribution is 7.99. The second-order valence-corrected chi connectivity index (χ2v) is 9.12. The van der Waals surface area contributed by atoms with Gasteiger partial charge in [-0.1, -0.05) is 53.2 Å². The van der Waals surface area contributed by atoms with Crippen LogP contribution in [0.1, 0.15) is 16.1 Å². The van der Waals surface area contributed by atoms with Gasteiger partial charge in [0.15, 0.2) is 16.8 Å². The van der Waals surface area contributed by atoms with E-state index in [-0.39, 0.29) is 11.5 Å². The second kappa shape index (κ2) is 9.02. The van der Waals surface area contributed by atoms with Crippen molar-refractivity contribution in [3.8, 4) is 17.1 Å². The molecule has 0 fully saturated rings. The molecule has 6 nitrogen and oxygen atoms in total. The minimum atomic E-state index is 0.0177. The van der Waals surface area contributed by atoms with E-state index in [9.17, 15) is 4.79 Å². The Kier molecular flexibility index (Phi) is 5.93. The number of nitrogens with one attached hydrogen (secondary N) is 1. The maximum atomic E-state index is 13.2. The number of hydrogen-bond acceptors (Lipinski definition) is 5. The van der Waals surface area contributed by atoms with Gasteiger partial charge in [0.05, 0.1) is 21.5 Å². The molecule has 2 aromatic carbocycles. The van der Waals surface area contributed by atoms with Crippen LogP contribution in [0.25, 0.3) is 28.0 Å². The van der Waals surface area contributed by atoms with E-state index in [2.05, 4.69) is 20.2 Å². The van der Waals surface area contributed by atoms with Crippen LogP contribution in [0.4, 0.5) is 0 Å². The van der Waals surface area contributed by atoms with Gasteiger partial charge >= 0.3 is 0 Å². The lowest BCUT2D eigenvalue weighted by Gasteiger charge is -2.11. The first kappa shape index (κ1) is 21.7. The van der Waals surface area contributed by atoms with Gasteiger partial charge in [-0.2, -0.15) is 0 Å². The molecule has 3 aromatic heterocycles. The summed E-state index contributed by atoms with van der Waals surface area (Å²) < 4.78 is 1.87. The van der Waals surface area contributed by atoms with Crippen LogP contribution in [-0.4, -0.2) is 36.3 Å². The second-order valence-electron chi connectivity index (χ2n) is 7.36. The predicted octanol–water partition coefficient (Wildman–Crippen LogP) is 6.40. The number of nitrogens with zero attached hydrogens (tertiary/aromatic N) is 4. The SMILES string of the molecule is Cc1[nH]c2ccccc2c1C(=O)CSc1nnc(-c2ccncc2)n1-c1ccc(Cl)c(Cl)c1. The molecule has 0 bridgehead atoms. The first-order chi connectivity index (χ1) is 16.0. The Morgan fingerprint density at radius 3 is 2.61 bits per heavy atom. The molecule has 9 heteroatoms. The number of fused-ring (bicyclic) bond motifs is 1. The molecule has 5 rings (SSSR count). The van der Waals surface area contributed by atoms with Crippen molar-refractivity contribution in [2.45, 2.75) is 12.1 Å². The normalized spacial score (nSPS) is 11.2. The van der Waals surface area contributed by atoms with E-state index in [0.717, 1.165) is 27.8 Å². The van der Waals surface area contributed by atoms with Crippen molar-refractivity contribution < 1.29 is 4.79 Å². The Balaban J connectivity index is 1.52. The molecule has 33 heavy (non-hydrogen) atoms. The number of hydrogen-bond donors (Lipinski definition) is 1. The van der Waals surface area contributed by atoms with Gasteiger partial charge in [0.2, 0.25) is 0 Å². The third-order valence-electron chi connectivity index (χ3n) is 5.24. The minimum Gasteiger partial charge on any atom is -0.358 e. The monoisotopic (exact) mass is 493 g/mol. The van der Waals surface area contributed by atoms with Crippen molar-refractivity contribution in [2.24, 2.45) is 0 Å². The fourth-order valence-corrected chi connectivity index (χ4v) is 4.86. The molecule has 1 N–H and O–H groups in total. The number of halogens is 2. The number of aromatic nitrogens is 5. The van der Waals surface area contributed by atoms with Crippen molar-refractivity contribution >= 4 is 51.6 Å². The van der Waals surface area contributed by atoms with Gasteiger partial charge in [0, 0.05) is 40.1 Å². The first-order valence-electron chi connectivity index (χ1n) is 10.1. The summed E-state index contributed by atoms with van der Waals surface area (Å²) in [5.74, 6) is 0.844. The van der Waals surface area contributed by atoms with E-state index in [1.807, 2.05) is 54.0 Å². The number of benzene rings is 2. The maximum absolute atomic E-state index is 13.2. The number of Topliss-reactive ketones (excluding diaryl/α,β-unsaturated/α-hetero) is 1. The molecular weight excluding hydrogens is 477 g/mol. The van der Waals surface area contributed by atoms with Crippen molar-refractivity contribution in [3.05, 3.63) is 88.3 Å². The number of aromatic amines is 1. The topological polar surface area (TPSA) is 76.5 Å². The molecule has 164 valence electrons. The fraction of sp³-hybridized carbons (Fsp3) is 0.0833. The third-order valence-corrected chi connectivity index (χ3v) is 6.91. The number of ketones is 1. The predicted molar refractivity (Wildman–Crippen MR) is 133 cm³/mol. The number of rotatable bonds is 6. The standard InChI is InChI=1S/C24H17Cl2N5OS/c1-14-22(17-4-2-3-5-20(17)28-14)21(32)13-33-24-30-29-23(15-8-10-27-11-9-15)31(24)16-6-7-18(25)19(26)12-16/h2-12,28H,13H2,1H3. The van der Waals surface area contributed by atoms with Crippen molar-refractivity contribution in [2.75, 3.05) is 5.75 Å². The van der Waals surface area contributed by atoms with Crippen LogP contribution in [-0.2, 0) is 0 Å². The summed E-state index contributed by atoms with van der Waals surface area (Å²) in [6.07, 6.45) is 3.39. The third kappa shape index (κ3) is 4.15. The van der Waals surface area contributed by atoms with Gasteiger partial charge in [-0.15, -0.1) is 10.2 Å². The number of thioether (sulfide) groups is 1. The Bertz CT molecular complexity index is 1480. The molecular formula is C24H17Cl2N5OS. The summed E-state index contributed by atoms with van der Waals surface area (Å²) >= 11 is 13.7. The smallest absolute Gasteiger partial charge is 0.196 e. The van der Waals surface area contributed by atoms with Crippen molar-refractivity contribution in [3.63, 3.8) is 0 Å². The molecule has 5 aromatic rings. The van der Waals surface area contributed by atoms with E-state index >= 15 is 0 Å². The molecule has 0 atom stereocenters. The van der Waals surface area contributed by atoms with Gasteiger partial charge in [0.25, 0.3) is 0 Å². The van der Waals surface area contributed by atoms with E-state index in [1.165, 1.54) is 11.8 Å². The number of para-hydroxylation sites is 1. The lowest BCUT2D eigenvalue weighted by molar-refractivity contribution is 0.102. The minimum absolute atomic E-state index is 0.0177. The highest BCUT2D eigenvalue weighted by Crippen LogP contribution is 2.32. The van der Waals surface area contributed by atoms with Gasteiger partial charge in [-0.05, 0) is 43.3 Å². The van der Waals surface area contributed by atoms with Crippen molar-refractivity contribution in [1.82, 2.24) is 24.7 Å². The molecule has 0 aliphatic heterocycles. The molecule has 0 unspecified atom stereocenters. The molecule has 0 amide bonds. The summed E-state index contributed by atoms with van der Waals surface area (Å²) in [7, 11) is 0. The lowest BCUT2D eigenvalue weighted by Crippen LogP contribution is -2.06. The molecule has 0 spiro atoms. The number of H-pyrrole nitrogens is 1. The average Bonchev–Trinajstić information content (AvgIpc) is 3.40. The van der Waals surface area contributed by atoms with E-state index in [0.29, 0.717) is 26.6 Å². The highest BCUT2D eigenvalue weighted by atomic mass is 35.5. The maximum Gasteiger partial charge on any atom is 0.196 e. The van der Waals surface area contributed by atoms with E-state index in [4.69, 9.17) is 23.2 Å².